The van der Waals surface area contributed by atoms with E-state index in [1.165, 1.54) is 4.57 Å². The summed E-state index contributed by atoms with van der Waals surface area (Å²) in [5.41, 5.74) is -0.657. The fourth-order valence-corrected chi connectivity index (χ4v) is 5.64. The van der Waals surface area contributed by atoms with Crippen LogP contribution in [0.5, 0.6) is 0 Å². The van der Waals surface area contributed by atoms with Gasteiger partial charge in [0.2, 0.25) is 11.7 Å². The molecule has 1 aromatic carbocycles. The minimum atomic E-state index is -4.60. The first-order chi connectivity index (χ1) is 22.2. The second kappa shape index (κ2) is 13.6. The van der Waals surface area contributed by atoms with Crippen LogP contribution in [0.2, 0.25) is 5.02 Å². The summed E-state index contributed by atoms with van der Waals surface area (Å²) in [5, 5.41) is 6.75. The highest BCUT2D eigenvalue weighted by Gasteiger charge is 2.35. The van der Waals surface area contributed by atoms with Gasteiger partial charge in [-0.2, -0.15) is 22.7 Å². The molecule has 1 unspecified atom stereocenters. The first-order valence-corrected chi connectivity index (χ1v) is 15.6. The molecule has 2 aromatic heterocycles. The topological polar surface area (TPSA) is 129 Å². The SMILES string of the molecule is CCCN(CCC1OCc2c1c(=O)n1nc(C3=CCOCC3)nc1n2CC(=O)Nc1ccc(C(F)(F)F)cc1Cl)C(=O)OC(C)(C)C. The zero-order valence-electron chi connectivity index (χ0n) is 26.4. The molecule has 0 saturated heterocycles. The van der Waals surface area contributed by atoms with Gasteiger partial charge in [-0.05, 0) is 63.8 Å². The van der Waals surface area contributed by atoms with Gasteiger partial charge in [-0.3, -0.25) is 9.59 Å². The average molecular weight is 681 g/mol. The van der Waals surface area contributed by atoms with E-state index in [0.29, 0.717) is 44.1 Å². The molecule has 0 spiro atoms. The van der Waals surface area contributed by atoms with Gasteiger partial charge >= 0.3 is 12.3 Å². The van der Waals surface area contributed by atoms with Crippen molar-refractivity contribution in [2.24, 2.45) is 0 Å². The quantitative estimate of drug-likeness (QED) is 0.309. The molecule has 16 heteroatoms. The van der Waals surface area contributed by atoms with Crippen molar-refractivity contribution in [1.29, 1.82) is 0 Å². The zero-order chi connectivity index (χ0) is 34.1. The Morgan fingerprint density at radius 1 is 1.21 bits per heavy atom. The lowest BCUT2D eigenvalue weighted by Crippen LogP contribution is -2.38. The van der Waals surface area contributed by atoms with Crippen LogP contribution < -0.4 is 10.9 Å². The number of carbonyl (C=O) groups is 2. The number of benzene rings is 1. The average Bonchev–Trinajstić information content (AvgIpc) is 3.63. The maximum atomic E-state index is 13.9. The largest absolute Gasteiger partial charge is 0.444 e. The van der Waals surface area contributed by atoms with Crippen molar-refractivity contribution in [3.63, 3.8) is 0 Å². The fourth-order valence-electron chi connectivity index (χ4n) is 5.41. The minimum absolute atomic E-state index is 0.0137. The van der Waals surface area contributed by atoms with Crippen LogP contribution in [0.15, 0.2) is 29.1 Å². The van der Waals surface area contributed by atoms with E-state index in [1.54, 1.807) is 25.7 Å². The van der Waals surface area contributed by atoms with Crippen molar-refractivity contribution in [2.45, 2.75) is 78.0 Å². The van der Waals surface area contributed by atoms with Crippen molar-refractivity contribution in [3.8, 4) is 0 Å². The number of amides is 2. The molecule has 0 aliphatic carbocycles. The van der Waals surface area contributed by atoms with Crippen LogP contribution in [0.1, 0.15) is 75.7 Å². The Morgan fingerprint density at radius 2 is 1.98 bits per heavy atom. The molecule has 0 saturated carbocycles. The Morgan fingerprint density at radius 3 is 2.62 bits per heavy atom. The van der Waals surface area contributed by atoms with E-state index < -0.39 is 41.0 Å². The number of hydrogen-bond donors (Lipinski definition) is 1. The molecular weight excluding hydrogens is 645 g/mol. The van der Waals surface area contributed by atoms with Gasteiger partial charge in [-0.15, -0.1) is 5.10 Å². The van der Waals surface area contributed by atoms with Crippen molar-refractivity contribution >= 4 is 40.6 Å². The highest BCUT2D eigenvalue weighted by atomic mass is 35.5. The summed E-state index contributed by atoms with van der Waals surface area (Å²) < 4.78 is 59.0. The Balaban J connectivity index is 1.48. The molecule has 2 amide bonds. The second-order valence-corrected chi connectivity index (χ2v) is 12.7. The number of rotatable bonds is 9. The standard InChI is InChI=1S/C31H36ClF3N6O6/c1-5-11-39(29(44)47-30(2,3)4)12-8-23-25-22(17-46-23)40(16-24(42)36-21-7-6-19(15-20(21)32)31(33,34)35)28-37-26(38-41(28)27(25)43)18-9-13-45-14-10-18/h6-7,9,15,23H,5,8,10-14,16-17H2,1-4H3,(H,36,42). The number of anilines is 1. The normalized spacial score (nSPS) is 16.6. The predicted molar refractivity (Wildman–Crippen MR) is 166 cm³/mol. The summed E-state index contributed by atoms with van der Waals surface area (Å²) in [5.74, 6) is -0.224. The van der Waals surface area contributed by atoms with Crippen molar-refractivity contribution in [2.75, 3.05) is 31.6 Å². The molecule has 1 N–H and O–H groups in total. The summed E-state index contributed by atoms with van der Waals surface area (Å²) in [7, 11) is 0. The Kier molecular flexibility index (Phi) is 9.99. The molecule has 2 aliphatic heterocycles. The van der Waals surface area contributed by atoms with Crippen LogP contribution >= 0.6 is 11.6 Å². The van der Waals surface area contributed by atoms with Crippen molar-refractivity contribution in [1.82, 2.24) is 24.1 Å². The third kappa shape index (κ3) is 7.79. The van der Waals surface area contributed by atoms with Crippen LogP contribution in [-0.4, -0.2) is 68.0 Å². The molecule has 254 valence electrons. The molecular formula is C31H36ClF3N6O6. The van der Waals surface area contributed by atoms with Gasteiger partial charge in [0, 0.05) is 13.1 Å². The third-order valence-corrected chi connectivity index (χ3v) is 7.88. The molecule has 2 aliphatic rings. The lowest BCUT2D eigenvalue weighted by molar-refractivity contribution is -0.137. The van der Waals surface area contributed by atoms with E-state index in [0.717, 1.165) is 28.3 Å². The van der Waals surface area contributed by atoms with E-state index in [2.05, 4.69) is 15.4 Å². The molecule has 47 heavy (non-hydrogen) atoms. The summed E-state index contributed by atoms with van der Waals surface area (Å²) >= 11 is 6.08. The Labute approximate surface area is 273 Å². The molecule has 0 radical (unpaired) electrons. The summed E-state index contributed by atoms with van der Waals surface area (Å²) in [6, 6.07) is 2.63. The summed E-state index contributed by atoms with van der Waals surface area (Å²) in [4.78, 5) is 46.3. The lowest BCUT2D eigenvalue weighted by Gasteiger charge is -2.27. The number of hydrogen-bond acceptors (Lipinski definition) is 8. The third-order valence-electron chi connectivity index (χ3n) is 7.56. The fraction of sp³-hybridized carbons (Fsp3) is 0.516. The van der Waals surface area contributed by atoms with Crippen LogP contribution in [0.4, 0.5) is 23.7 Å². The van der Waals surface area contributed by atoms with Crippen LogP contribution in [-0.2, 0) is 38.3 Å². The second-order valence-electron chi connectivity index (χ2n) is 12.2. The highest BCUT2D eigenvalue weighted by Crippen LogP contribution is 2.35. The molecule has 4 heterocycles. The number of aromatic nitrogens is 4. The smallest absolute Gasteiger partial charge is 0.416 e. The summed E-state index contributed by atoms with van der Waals surface area (Å²) in [6.45, 7) is 8.38. The van der Waals surface area contributed by atoms with Gasteiger partial charge in [-0.25, -0.2) is 4.79 Å². The lowest BCUT2D eigenvalue weighted by atomic mass is 10.1. The molecule has 3 aromatic rings. The van der Waals surface area contributed by atoms with Crippen LogP contribution in [0.3, 0.4) is 0 Å². The molecule has 0 fully saturated rings. The number of ether oxygens (including phenoxy) is 3. The highest BCUT2D eigenvalue weighted by molar-refractivity contribution is 6.33. The van der Waals surface area contributed by atoms with Crippen molar-refractivity contribution < 1.29 is 37.0 Å². The van der Waals surface area contributed by atoms with Gasteiger partial charge in [0.05, 0.1) is 53.5 Å². The van der Waals surface area contributed by atoms with Gasteiger partial charge in [-0.1, -0.05) is 24.6 Å². The number of alkyl halides is 3. The van der Waals surface area contributed by atoms with Gasteiger partial charge in [0.25, 0.3) is 5.56 Å². The predicted octanol–water partition coefficient (Wildman–Crippen LogP) is 5.61. The maximum Gasteiger partial charge on any atom is 0.416 e. The Hall–Kier alpha value is -3.95. The molecule has 5 rings (SSSR count). The number of carbonyl (C=O) groups excluding carboxylic acids is 2. The number of nitrogens with one attached hydrogen (secondary N) is 1. The van der Waals surface area contributed by atoms with Gasteiger partial charge < -0.3 is 29.0 Å². The molecule has 1 atom stereocenters. The first kappa shape index (κ1) is 34.4. The zero-order valence-corrected chi connectivity index (χ0v) is 27.2. The number of fused-ring (bicyclic) bond motifs is 2. The van der Waals surface area contributed by atoms with E-state index >= 15 is 0 Å². The van der Waals surface area contributed by atoms with Crippen molar-refractivity contribution in [3.05, 3.63) is 62.3 Å². The van der Waals surface area contributed by atoms with E-state index in [4.69, 9.17) is 25.8 Å². The maximum absolute atomic E-state index is 13.9. The minimum Gasteiger partial charge on any atom is -0.444 e. The monoisotopic (exact) mass is 680 g/mol. The van der Waals surface area contributed by atoms with E-state index in [-0.39, 0.29) is 48.2 Å². The molecule has 12 nitrogen and oxygen atoms in total. The van der Waals surface area contributed by atoms with E-state index in [9.17, 15) is 27.6 Å². The molecule has 0 bridgehead atoms. The Bertz CT molecular complexity index is 1760. The van der Waals surface area contributed by atoms with Gasteiger partial charge in [0.15, 0.2) is 5.82 Å². The number of nitrogens with zero attached hydrogens (tertiary/aromatic N) is 5. The van der Waals surface area contributed by atoms with Crippen LogP contribution in [0.25, 0.3) is 11.4 Å². The van der Waals surface area contributed by atoms with E-state index in [1.807, 2.05) is 13.0 Å². The number of halogens is 4. The first-order valence-electron chi connectivity index (χ1n) is 15.2. The van der Waals surface area contributed by atoms with Crippen LogP contribution in [0, 0.1) is 0 Å². The van der Waals surface area contributed by atoms with Gasteiger partial charge in [0.1, 0.15) is 12.1 Å². The summed E-state index contributed by atoms with van der Waals surface area (Å²) in [6.07, 6.45) is -2.49.